The van der Waals surface area contributed by atoms with Gasteiger partial charge in [-0.2, -0.15) is 0 Å². The highest BCUT2D eigenvalue weighted by Gasteiger charge is 2.13. The Morgan fingerprint density at radius 2 is 1.90 bits per heavy atom. The number of rotatable bonds is 4. The summed E-state index contributed by atoms with van der Waals surface area (Å²) in [6, 6.07) is 10.1. The van der Waals surface area contributed by atoms with E-state index < -0.39 is 5.82 Å². The number of hydrogen-bond donors (Lipinski definition) is 1. The van der Waals surface area contributed by atoms with Crippen molar-refractivity contribution in [3.63, 3.8) is 0 Å². The van der Waals surface area contributed by atoms with Crippen LogP contribution in [0.3, 0.4) is 0 Å². The molecule has 2 nitrogen and oxygen atoms in total. The average molecular weight is 314 g/mol. The van der Waals surface area contributed by atoms with E-state index in [2.05, 4.69) is 5.32 Å². The van der Waals surface area contributed by atoms with Gasteiger partial charge < -0.3 is 10.1 Å². The van der Waals surface area contributed by atoms with Crippen LogP contribution in [0.1, 0.15) is 18.5 Å². The van der Waals surface area contributed by atoms with Gasteiger partial charge in [0.25, 0.3) is 0 Å². The van der Waals surface area contributed by atoms with Crippen LogP contribution in [0.5, 0.6) is 5.75 Å². The van der Waals surface area contributed by atoms with Crippen LogP contribution in [-0.2, 0) is 0 Å². The molecular formula is C15H14Cl2FNO. The molecule has 0 bridgehead atoms. The Hall–Kier alpha value is -1.45. The summed E-state index contributed by atoms with van der Waals surface area (Å²) in [5, 5.41) is 3.70. The van der Waals surface area contributed by atoms with Crippen molar-refractivity contribution in [3.05, 3.63) is 57.8 Å². The Balaban J connectivity index is 2.23. The molecule has 0 aliphatic carbocycles. The van der Waals surface area contributed by atoms with Crippen molar-refractivity contribution < 1.29 is 9.13 Å². The smallest absolute Gasteiger partial charge is 0.142 e. The summed E-state index contributed by atoms with van der Waals surface area (Å²) in [7, 11) is 1.61. The fourth-order valence-electron chi connectivity index (χ4n) is 1.91. The van der Waals surface area contributed by atoms with Crippen molar-refractivity contribution in [2.75, 3.05) is 12.4 Å². The first-order valence-electron chi connectivity index (χ1n) is 6.06. The lowest BCUT2D eigenvalue weighted by molar-refractivity contribution is 0.415. The number of nitrogens with one attached hydrogen (secondary N) is 1. The monoisotopic (exact) mass is 313 g/mol. The van der Waals surface area contributed by atoms with Crippen LogP contribution < -0.4 is 10.1 Å². The molecule has 0 aromatic heterocycles. The topological polar surface area (TPSA) is 21.3 Å². The summed E-state index contributed by atoms with van der Waals surface area (Å²) in [5.74, 6) is 0.265. The van der Waals surface area contributed by atoms with Gasteiger partial charge in [-0.25, -0.2) is 4.39 Å². The summed E-state index contributed by atoms with van der Waals surface area (Å²) in [6.07, 6.45) is 0. The minimum absolute atomic E-state index is 0.0207. The number of hydrogen-bond acceptors (Lipinski definition) is 2. The van der Waals surface area contributed by atoms with Crippen molar-refractivity contribution in [3.8, 4) is 5.75 Å². The second-order valence-electron chi connectivity index (χ2n) is 4.39. The van der Waals surface area contributed by atoms with Crippen molar-refractivity contribution in [1.82, 2.24) is 0 Å². The lowest BCUT2D eigenvalue weighted by Gasteiger charge is -2.18. The fraction of sp³-hybridized carbons (Fsp3) is 0.200. The molecule has 2 aromatic rings. The highest BCUT2D eigenvalue weighted by Crippen LogP contribution is 2.31. The molecule has 0 amide bonds. The van der Waals surface area contributed by atoms with Crippen LogP contribution in [0.2, 0.25) is 10.0 Å². The molecule has 0 saturated heterocycles. The minimum atomic E-state index is -0.481. The highest BCUT2D eigenvalue weighted by molar-refractivity contribution is 6.35. The summed E-state index contributed by atoms with van der Waals surface area (Å²) < 4.78 is 18.7. The number of benzene rings is 2. The van der Waals surface area contributed by atoms with Gasteiger partial charge in [-0.15, -0.1) is 0 Å². The molecule has 0 aliphatic heterocycles. The first-order chi connectivity index (χ1) is 9.51. The first kappa shape index (κ1) is 14.9. The van der Waals surface area contributed by atoms with Crippen LogP contribution in [0.15, 0.2) is 36.4 Å². The summed E-state index contributed by atoms with van der Waals surface area (Å²) in [5.41, 5.74) is 1.51. The third-order valence-corrected chi connectivity index (χ3v) is 3.58. The summed E-state index contributed by atoms with van der Waals surface area (Å²) in [6.45, 7) is 1.90. The first-order valence-corrected chi connectivity index (χ1v) is 6.82. The predicted molar refractivity (Wildman–Crippen MR) is 81.5 cm³/mol. The van der Waals surface area contributed by atoms with Crippen molar-refractivity contribution in [1.29, 1.82) is 0 Å². The zero-order valence-electron chi connectivity index (χ0n) is 11.1. The summed E-state index contributed by atoms with van der Waals surface area (Å²) >= 11 is 11.8. The number of ether oxygens (including phenoxy) is 1. The number of anilines is 1. The molecule has 1 atom stereocenters. The molecule has 2 rings (SSSR count). The van der Waals surface area contributed by atoms with Crippen LogP contribution in [0.4, 0.5) is 10.1 Å². The van der Waals surface area contributed by atoms with Gasteiger partial charge >= 0.3 is 0 Å². The Labute approximate surface area is 127 Å². The van der Waals surface area contributed by atoms with Crippen molar-refractivity contribution in [2.24, 2.45) is 0 Å². The molecule has 106 valence electrons. The van der Waals surface area contributed by atoms with E-state index in [4.69, 9.17) is 27.9 Å². The Morgan fingerprint density at radius 3 is 2.60 bits per heavy atom. The molecule has 20 heavy (non-hydrogen) atoms. The predicted octanol–water partition coefficient (Wildman–Crippen LogP) is 5.31. The van der Waals surface area contributed by atoms with Gasteiger partial charge in [0.2, 0.25) is 0 Å². The van der Waals surface area contributed by atoms with E-state index in [1.54, 1.807) is 7.11 Å². The molecule has 0 fully saturated rings. The zero-order valence-corrected chi connectivity index (χ0v) is 12.6. The molecule has 1 N–H and O–H groups in total. The Kier molecular flexibility index (Phi) is 4.73. The fourth-order valence-corrected chi connectivity index (χ4v) is 2.46. The largest absolute Gasteiger partial charge is 0.497 e. The number of halogens is 3. The summed E-state index contributed by atoms with van der Waals surface area (Å²) in [4.78, 5) is 0. The third-order valence-electron chi connectivity index (χ3n) is 2.96. The standard InChI is InChI=1S/C15H14Cl2FNO/c1-9(12-7-15(18)14(17)8-13(12)16)19-10-4-3-5-11(6-10)20-2/h3-9,19H,1-2H3. The zero-order chi connectivity index (χ0) is 14.7. The van der Waals surface area contributed by atoms with Crippen LogP contribution in [0, 0.1) is 5.82 Å². The molecule has 1 unspecified atom stereocenters. The maximum Gasteiger partial charge on any atom is 0.142 e. The molecule has 0 saturated carbocycles. The van der Waals surface area contributed by atoms with Gasteiger partial charge in [0.1, 0.15) is 11.6 Å². The minimum Gasteiger partial charge on any atom is -0.497 e. The SMILES string of the molecule is COc1cccc(NC(C)c2cc(F)c(Cl)cc2Cl)c1. The van der Waals surface area contributed by atoms with E-state index in [0.29, 0.717) is 10.6 Å². The highest BCUT2D eigenvalue weighted by atomic mass is 35.5. The molecule has 5 heteroatoms. The maximum absolute atomic E-state index is 13.5. The van der Waals surface area contributed by atoms with E-state index in [-0.39, 0.29) is 11.1 Å². The third kappa shape index (κ3) is 3.35. The normalized spacial score (nSPS) is 12.1. The quantitative estimate of drug-likeness (QED) is 0.772. The maximum atomic E-state index is 13.5. The van der Waals surface area contributed by atoms with Gasteiger partial charge in [-0.1, -0.05) is 29.3 Å². The average Bonchev–Trinajstić information content (AvgIpc) is 2.43. The van der Waals surface area contributed by atoms with Crippen molar-refractivity contribution in [2.45, 2.75) is 13.0 Å². The van der Waals surface area contributed by atoms with E-state index in [0.717, 1.165) is 11.4 Å². The molecule has 2 aromatic carbocycles. The van der Waals surface area contributed by atoms with Gasteiger partial charge in [0, 0.05) is 16.8 Å². The second-order valence-corrected chi connectivity index (χ2v) is 5.20. The van der Waals surface area contributed by atoms with Crippen LogP contribution in [0.25, 0.3) is 0 Å². The van der Waals surface area contributed by atoms with E-state index >= 15 is 0 Å². The van der Waals surface area contributed by atoms with E-state index in [1.807, 2.05) is 31.2 Å². The van der Waals surface area contributed by atoms with Crippen LogP contribution >= 0.6 is 23.2 Å². The molecular weight excluding hydrogens is 300 g/mol. The molecule has 0 heterocycles. The van der Waals surface area contributed by atoms with E-state index in [9.17, 15) is 4.39 Å². The van der Waals surface area contributed by atoms with Crippen molar-refractivity contribution >= 4 is 28.9 Å². The van der Waals surface area contributed by atoms with Gasteiger partial charge in [-0.3, -0.25) is 0 Å². The second kappa shape index (κ2) is 6.33. The molecule has 0 radical (unpaired) electrons. The lowest BCUT2D eigenvalue weighted by atomic mass is 10.1. The van der Waals surface area contributed by atoms with Gasteiger partial charge in [0.05, 0.1) is 18.2 Å². The van der Waals surface area contributed by atoms with E-state index in [1.165, 1.54) is 12.1 Å². The van der Waals surface area contributed by atoms with Crippen LogP contribution in [-0.4, -0.2) is 7.11 Å². The lowest BCUT2D eigenvalue weighted by Crippen LogP contribution is -2.07. The van der Waals surface area contributed by atoms with Gasteiger partial charge in [-0.05, 0) is 36.8 Å². The Morgan fingerprint density at radius 1 is 1.15 bits per heavy atom. The Bertz CT molecular complexity index is 619. The molecule has 0 spiro atoms. The van der Waals surface area contributed by atoms with Gasteiger partial charge in [0.15, 0.2) is 0 Å². The number of methoxy groups -OCH3 is 1. The molecule has 0 aliphatic rings.